The van der Waals surface area contributed by atoms with E-state index in [0.29, 0.717) is 19.7 Å². The van der Waals surface area contributed by atoms with E-state index in [2.05, 4.69) is 18.2 Å². The summed E-state index contributed by atoms with van der Waals surface area (Å²) in [6.45, 7) is 7.51. The molecule has 4 aliphatic heterocycles. The number of esters is 1. The molecule has 0 aromatic rings. The van der Waals surface area contributed by atoms with E-state index < -0.39 is 27.4 Å². The molecule has 1 unspecified atom stereocenters. The van der Waals surface area contributed by atoms with Crippen molar-refractivity contribution in [1.82, 2.24) is 9.80 Å². The minimum Gasteiger partial charge on any atom is -0.465 e. The molecule has 0 radical (unpaired) electrons. The molecule has 7 nitrogen and oxygen atoms in total. The van der Waals surface area contributed by atoms with E-state index in [4.69, 9.17) is 9.84 Å². The third kappa shape index (κ3) is 4.21. The topological polar surface area (TPSA) is 87.2 Å². The van der Waals surface area contributed by atoms with Crippen molar-refractivity contribution in [2.75, 3.05) is 26.3 Å². The fourth-order valence-electron chi connectivity index (χ4n) is 6.10. The van der Waals surface area contributed by atoms with Gasteiger partial charge in [-0.05, 0) is 46.5 Å². The largest absolute Gasteiger partial charge is 0.465 e. The van der Waals surface area contributed by atoms with Gasteiger partial charge in [-0.3, -0.25) is 14.4 Å². The van der Waals surface area contributed by atoms with Crippen LogP contribution in [0.25, 0.3) is 0 Å². The number of hydrogen-bond acceptors (Lipinski definition) is 6. The lowest BCUT2D eigenvalue weighted by Gasteiger charge is -2.37. The number of nitrogens with zero attached hydrogens (tertiary/aromatic N) is 2. The highest BCUT2D eigenvalue weighted by atomic mass is 32.2. The van der Waals surface area contributed by atoms with Crippen molar-refractivity contribution in [1.29, 1.82) is 0 Å². The lowest BCUT2D eigenvalue weighted by atomic mass is 9.74. The lowest BCUT2D eigenvalue weighted by Crippen LogP contribution is -2.54. The number of carbonyl (C=O) groups is 3. The van der Waals surface area contributed by atoms with E-state index in [1.165, 1.54) is 0 Å². The number of unbranched alkanes of at least 4 members (excludes halogenated alkanes) is 3. The molecule has 0 bridgehead atoms. The van der Waals surface area contributed by atoms with Gasteiger partial charge in [0.2, 0.25) is 11.8 Å². The van der Waals surface area contributed by atoms with Crippen LogP contribution in [0, 0.1) is 11.8 Å². The Hall–Kier alpha value is -1.80. The molecule has 1 spiro atoms. The number of cyclic esters (lactones) is 1. The molecule has 1 N–H and O–H groups in total. The summed E-state index contributed by atoms with van der Waals surface area (Å²) < 4.78 is 4.23. The second-order valence-corrected chi connectivity index (χ2v) is 12.2. The Labute approximate surface area is 206 Å². The standard InChI is InChI=1S/C26H38N2O5S/c1-18(2)27-15-11-13-26-19(20-24(32)33-17-10-6-7-12-25(20,3)34-26)22(30)28(21(26)23(27)31)14-8-4-5-9-16-29/h7,11-13,18-21,29H,4-6,8-10,14-17H2,1-3H3/b12-7-/t19-,20+,21?,25-,26-/m0/s1. The number of amides is 2. The zero-order valence-electron chi connectivity index (χ0n) is 20.6. The van der Waals surface area contributed by atoms with Gasteiger partial charge in [-0.15, -0.1) is 11.8 Å². The summed E-state index contributed by atoms with van der Waals surface area (Å²) in [6, 6.07) is -0.626. The summed E-state index contributed by atoms with van der Waals surface area (Å²) in [5.74, 6) is -1.74. The molecule has 5 atom stereocenters. The van der Waals surface area contributed by atoms with E-state index >= 15 is 0 Å². The molecule has 2 saturated heterocycles. The van der Waals surface area contributed by atoms with Gasteiger partial charge in [-0.25, -0.2) is 0 Å². The Morgan fingerprint density at radius 3 is 2.59 bits per heavy atom. The van der Waals surface area contributed by atoms with Crippen LogP contribution in [0.2, 0.25) is 0 Å². The second kappa shape index (κ2) is 10.1. The minimum atomic E-state index is -0.801. The van der Waals surface area contributed by atoms with Crippen LogP contribution in [-0.2, 0) is 19.1 Å². The number of hydrogen-bond donors (Lipinski definition) is 1. The van der Waals surface area contributed by atoms with Gasteiger partial charge in [-0.1, -0.05) is 37.1 Å². The van der Waals surface area contributed by atoms with Crippen molar-refractivity contribution in [3.05, 3.63) is 24.3 Å². The quantitative estimate of drug-likeness (QED) is 0.335. The van der Waals surface area contributed by atoms with Crippen molar-refractivity contribution in [2.45, 2.75) is 80.9 Å². The van der Waals surface area contributed by atoms with Crippen molar-refractivity contribution < 1.29 is 24.2 Å². The molecule has 8 heteroatoms. The zero-order valence-corrected chi connectivity index (χ0v) is 21.4. The number of thioether (sulfide) groups is 1. The molecule has 4 heterocycles. The summed E-state index contributed by atoms with van der Waals surface area (Å²) in [7, 11) is 0. The van der Waals surface area contributed by atoms with Crippen molar-refractivity contribution in [3.8, 4) is 0 Å². The van der Waals surface area contributed by atoms with Gasteiger partial charge >= 0.3 is 5.97 Å². The summed E-state index contributed by atoms with van der Waals surface area (Å²) in [5.41, 5.74) is 0. The number of likely N-dealkylation sites (tertiary alicyclic amines) is 1. The summed E-state index contributed by atoms with van der Waals surface area (Å²) in [6.07, 6.45) is 13.1. The van der Waals surface area contributed by atoms with Crippen molar-refractivity contribution in [2.24, 2.45) is 11.8 Å². The molecule has 0 saturated carbocycles. The van der Waals surface area contributed by atoms with E-state index in [9.17, 15) is 14.4 Å². The molecule has 2 fully saturated rings. The van der Waals surface area contributed by atoms with Gasteiger partial charge in [-0.2, -0.15) is 0 Å². The van der Waals surface area contributed by atoms with Crippen molar-refractivity contribution >= 4 is 29.5 Å². The molecule has 0 aliphatic carbocycles. The maximum Gasteiger partial charge on any atom is 0.311 e. The van der Waals surface area contributed by atoms with Gasteiger partial charge in [0.05, 0.1) is 23.2 Å². The van der Waals surface area contributed by atoms with Crippen LogP contribution in [0.5, 0.6) is 0 Å². The van der Waals surface area contributed by atoms with Gasteiger partial charge < -0.3 is 19.6 Å². The predicted octanol–water partition coefficient (Wildman–Crippen LogP) is 2.93. The SMILES string of the molecule is CC(C)N1CC=C[C@]23S[C@@]4(C)/C=C\CCCOC(=O)[C@H]4[C@H]2C(=O)N(CCCCCCO)C3C1=O. The first-order valence-corrected chi connectivity index (χ1v) is 13.5. The van der Waals surface area contributed by atoms with Crippen LogP contribution in [0.15, 0.2) is 24.3 Å². The Kier molecular flexibility index (Phi) is 7.48. The van der Waals surface area contributed by atoms with Gasteiger partial charge in [0.25, 0.3) is 0 Å². The van der Waals surface area contributed by atoms with E-state index in [0.717, 1.165) is 38.5 Å². The first-order chi connectivity index (χ1) is 16.3. The Balaban J connectivity index is 1.76. The average molecular weight is 491 g/mol. The maximum atomic E-state index is 14.1. The van der Waals surface area contributed by atoms with Crippen LogP contribution >= 0.6 is 11.8 Å². The molecule has 188 valence electrons. The second-order valence-electron chi connectivity index (χ2n) is 10.4. The maximum absolute atomic E-state index is 14.1. The minimum absolute atomic E-state index is 0.0110. The first-order valence-electron chi connectivity index (χ1n) is 12.7. The normalized spacial score (nSPS) is 36.4. The van der Waals surface area contributed by atoms with Gasteiger partial charge in [0.1, 0.15) is 6.04 Å². The number of rotatable bonds is 7. The Morgan fingerprint density at radius 1 is 1.09 bits per heavy atom. The average Bonchev–Trinajstić information content (AvgIpc) is 3.12. The van der Waals surface area contributed by atoms with Crippen LogP contribution < -0.4 is 0 Å². The number of aliphatic hydroxyl groups is 1. The monoisotopic (exact) mass is 490 g/mol. The number of fused-ring (bicyclic) bond motifs is 2. The summed E-state index contributed by atoms with van der Waals surface area (Å²) in [5, 5.41) is 9.08. The van der Waals surface area contributed by atoms with Gasteiger partial charge in [0, 0.05) is 30.5 Å². The number of aliphatic hydroxyl groups excluding tert-OH is 1. The molecule has 4 rings (SSSR count). The zero-order chi connectivity index (χ0) is 24.5. The first kappa shape index (κ1) is 25.3. The molecule has 0 aromatic carbocycles. The number of allylic oxidation sites excluding steroid dienone is 1. The Morgan fingerprint density at radius 2 is 1.85 bits per heavy atom. The number of ether oxygens (including phenoxy) is 1. The summed E-state index contributed by atoms with van der Waals surface area (Å²) in [4.78, 5) is 45.0. The molecular formula is C26H38N2O5S. The highest BCUT2D eigenvalue weighted by Gasteiger charge is 2.73. The highest BCUT2D eigenvalue weighted by Crippen LogP contribution is 2.65. The smallest absolute Gasteiger partial charge is 0.311 e. The molecule has 34 heavy (non-hydrogen) atoms. The third-order valence-corrected chi connectivity index (χ3v) is 9.51. The van der Waals surface area contributed by atoms with Crippen molar-refractivity contribution in [3.63, 3.8) is 0 Å². The molecule has 0 aromatic heterocycles. The van der Waals surface area contributed by atoms with Crippen LogP contribution in [0.1, 0.15) is 59.3 Å². The fraction of sp³-hybridized carbons (Fsp3) is 0.731. The summed E-state index contributed by atoms with van der Waals surface area (Å²) >= 11 is 1.60. The van der Waals surface area contributed by atoms with E-state index in [1.807, 2.05) is 31.7 Å². The molecule has 4 aliphatic rings. The van der Waals surface area contributed by atoms with E-state index in [1.54, 1.807) is 16.7 Å². The van der Waals surface area contributed by atoms with Crippen LogP contribution in [0.4, 0.5) is 0 Å². The van der Waals surface area contributed by atoms with Crippen LogP contribution in [0.3, 0.4) is 0 Å². The predicted molar refractivity (Wildman–Crippen MR) is 132 cm³/mol. The number of carbonyl (C=O) groups excluding carboxylic acids is 3. The van der Waals surface area contributed by atoms with Crippen LogP contribution in [-0.4, -0.2) is 80.6 Å². The Bertz CT molecular complexity index is 873. The fourth-order valence-corrected chi connectivity index (χ4v) is 8.26. The molecular weight excluding hydrogens is 452 g/mol. The third-order valence-electron chi connectivity index (χ3n) is 7.71. The lowest BCUT2D eigenvalue weighted by molar-refractivity contribution is -0.154. The highest BCUT2D eigenvalue weighted by molar-refractivity contribution is 8.02. The van der Waals surface area contributed by atoms with E-state index in [-0.39, 0.29) is 30.4 Å². The van der Waals surface area contributed by atoms with Gasteiger partial charge in [0.15, 0.2) is 0 Å². The molecule has 2 amide bonds.